The Balaban J connectivity index is 1.98. The molecule has 0 aromatic heterocycles. The van der Waals surface area contributed by atoms with Crippen molar-refractivity contribution >= 4 is 23.5 Å². The van der Waals surface area contributed by atoms with Gasteiger partial charge in [-0.2, -0.15) is 5.26 Å². The average Bonchev–Trinajstić information content (AvgIpc) is 3.40. The third-order valence-corrected chi connectivity index (χ3v) is 5.82. The maximum atomic E-state index is 12.7. The fourth-order valence-corrected chi connectivity index (χ4v) is 3.27. The Bertz CT molecular complexity index is 863. The summed E-state index contributed by atoms with van der Waals surface area (Å²) in [6.45, 7) is 5.53. The molecule has 1 aliphatic heterocycles. The molecule has 0 bridgehead atoms. The zero-order valence-corrected chi connectivity index (χ0v) is 15.5. The van der Waals surface area contributed by atoms with Crippen LogP contribution in [0.1, 0.15) is 39.2 Å². The van der Waals surface area contributed by atoms with E-state index in [0.717, 1.165) is 5.56 Å². The predicted molar refractivity (Wildman–Crippen MR) is 97.9 cm³/mol. The van der Waals surface area contributed by atoms with Crippen LogP contribution in [0.15, 0.2) is 29.3 Å². The Hall–Kier alpha value is -2.88. The summed E-state index contributed by atoms with van der Waals surface area (Å²) in [5.41, 5.74) is 4.70. The Morgan fingerprint density at radius 3 is 2.58 bits per heavy atom. The molecule has 2 aliphatic rings. The summed E-state index contributed by atoms with van der Waals surface area (Å²) < 4.78 is 0. The lowest BCUT2D eigenvalue weighted by Gasteiger charge is -2.46. The Labute approximate surface area is 152 Å². The minimum atomic E-state index is -0.898. The van der Waals surface area contributed by atoms with Crippen LogP contribution in [0.5, 0.6) is 0 Å². The second-order valence-electron chi connectivity index (χ2n) is 7.76. The molecule has 0 unspecified atom stereocenters. The van der Waals surface area contributed by atoms with Crippen LogP contribution in [0.3, 0.4) is 0 Å². The topological polar surface area (TPSA) is 112 Å². The van der Waals surface area contributed by atoms with Gasteiger partial charge in [-0.05, 0) is 51.3 Å². The maximum Gasteiger partial charge on any atom is 0.244 e. The number of hydrogen-bond donors (Lipinski definition) is 2. The minimum absolute atomic E-state index is 0.122. The number of nitriles is 1. The summed E-state index contributed by atoms with van der Waals surface area (Å²) >= 11 is 0. The van der Waals surface area contributed by atoms with Crippen molar-refractivity contribution in [3.8, 4) is 6.07 Å². The summed E-state index contributed by atoms with van der Waals surface area (Å²) in [5.74, 6) is -0.250. The van der Waals surface area contributed by atoms with Gasteiger partial charge in [0.05, 0.1) is 11.5 Å². The first-order valence-corrected chi connectivity index (χ1v) is 8.54. The van der Waals surface area contributed by atoms with Crippen LogP contribution >= 0.6 is 0 Å². The molecule has 0 spiro atoms. The molecule has 0 saturated heterocycles. The third-order valence-electron chi connectivity index (χ3n) is 5.82. The zero-order valence-electron chi connectivity index (χ0n) is 15.5. The van der Waals surface area contributed by atoms with E-state index in [4.69, 9.17) is 5.73 Å². The van der Waals surface area contributed by atoms with Crippen LogP contribution in [-0.4, -0.2) is 29.7 Å². The SMILES string of the molecule is CN1C(=O)C(C)(C)[C@@](C)(c2cccc(NC(=O)C3(C#N)CC3)c2)N=C1N. The molecule has 1 saturated carbocycles. The highest BCUT2D eigenvalue weighted by Crippen LogP contribution is 2.48. The average molecular weight is 353 g/mol. The molecule has 1 aromatic rings. The van der Waals surface area contributed by atoms with E-state index in [1.54, 1.807) is 25.2 Å². The first-order valence-electron chi connectivity index (χ1n) is 8.54. The largest absolute Gasteiger partial charge is 0.369 e. The number of rotatable bonds is 3. The summed E-state index contributed by atoms with van der Waals surface area (Å²) in [4.78, 5) is 31.0. The lowest BCUT2D eigenvalue weighted by molar-refractivity contribution is -0.140. The fourth-order valence-electron chi connectivity index (χ4n) is 3.27. The quantitative estimate of drug-likeness (QED) is 0.865. The lowest BCUT2D eigenvalue weighted by Crippen LogP contribution is -2.58. The van der Waals surface area contributed by atoms with Gasteiger partial charge in [-0.15, -0.1) is 0 Å². The fraction of sp³-hybridized carbons (Fsp3) is 0.474. The van der Waals surface area contributed by atoms with Crippen molar-refractivity contribution in [3.63, 3.8) is 0 Å². The van der Waals surface area contributed by atoms with E-state index in [2.05, 4.69) is 16.4 Å². The molecule has 2 amide bonds. The van der Waals surface area contributed by atoms with Gasteiger partial charge in [0, 0.05) is 12.7 Å². The second kappa shape index (κ2) is 5.56. The molecule has 1 atom stereocenters. The number of guanidine groups is 1. The minimum Gasteiger partial charge on any atom is -0.369 e. The number of carbonyl (C=O) groups excluding carboxylic acids is 2. The summed E-state index contributed by atoms with van der Waals surface area (Å²) in [6, 6.07) is 9.30. The number of nitrogens with two attached hydrogens (primary N) is 1. The van der Waals surface area contributed by atoms with E-state index in [9.17, 15) is 14.9 Å². The highest BCUT2D eigenvalue weighted by Gasteiger charge is 2.53. The third kappa shape index (κ3) is 2.45. The number of amides is 2. The van der Waals surface area contributed by atoms with Crippen molar-refractivity contribution in [1.82, 2.24) is 4.90 Å². The molecular weight excluding hydrogens is 330 g/mol. The van der Waals surface area contributed by atoms with Crippen LogP contribution in [0.2, 0.25) is 0 Å². The van der Waals surface area contributed by atoms with Crippen molar-refractivity contribution in [2.45, 2.75) is 39.2 Å². The molecule has 1 fully saturated rings. The van der Waals surface area contributed by atoms with Crippen LogP contribution in [0.25, 0.3) is 0 Å². The summed E-state index contributed by atoms with van der Waals surface area (Å²) in [5, 5.41) is 12.0. The van der Waals surface area contributed by atoms with Crippen molar-refractivity contribution < 1.29 is 9.59 Å². The van der Waals surface area contributed by atoms with E-state index >= 15 is 0 Å². The molecule has 3 rings (SSSR count). The van der Waals surface area contributed by atoms with Crippen molar-refractivity contribution in [3.05, 3.63) is 29.8 Å². The Morgan fingerprint density at radius 1 is 1.35 bits per heavy atom. The van der Waals surface area contributed by atoms with Gasteiger partial charge in [0.25, 0.3) is 0 Å². The van der Waals surface area contributed by atoms with Crippen molar-refractivity contribution in [2.75, 3.05) is 12.4 Å². The molecule has 1 aliphatic carbocycles. The van der Waals surface area contributed by atoms with E-state index in [1.165, 1.54) is 4.90 Å². The molecule has 7 nitrogen and oxygen atoms in total. The number of benzene rings is 1. The summed E-state index contributed by atoms with van der Waals surface area (Å²) in [6.07, 6.45) is 1.17. The lowest BCUT2D eigenvalue weighted by atomic mass is 9.68. The molecule has 3 N–H and O–H groups in total. The molecule has 0 radical (unpaired) electrons. The maximum absolute atomic E-state index is 12.7. The number of hydrogen-bond acceptors (Lipinski definition) is 5. The van der Waals surface area contributed by atoms with Crippen LogP contribution < -0.4 is 11.1 Å². The van der Waals surface area contributed by atoms with Gasteiger partial charge in [-0.25, -0.2) is 4.99 Å². The summed E-state index contributed by atoms with van der Waals surface area (Å²) in [7, 11) is 1.61. The highest BCUT2D eigenvalue weighted by atomic mass is 16.2. The monoisotopic (exact) mass is 353 g/mol. The van der Waals surface area contributed by atoms with Crippen LogP contribution in [0, 0.1) is 22.2 Å². The van der Waals surface area contributed by atoms with Crippen molar-refractivity contribution in [2.24, 2.45) is 21.6 Å². The Kier molecular flexibility index (Phi) is 3.83. The van der Waals surface area contributed by atoms with Gasteiger partial charge in [-0.1, -0.05) is 12.1 Å². The van der Waals surface area contributed by atoms with Gasteiger partial charge < -0.3 is 11.1 Å². The van der Waals surface area contributed by atoms with Gasteiger partial charge in [0.15, 0.2) is 5.96 Å². The zero-order chi connectivity index (χ0) is 19.3. The number of nitrogens with zero attached hydrogens (tertiary/aromatic N) is 3. The van der Waals surface area contributed by atoms with E-state index in [-0.39, 0.29) is 17.8 Å². The second-order valence-corrected chi connectivity index (χ2v) is 7.76. The molecule has 136 valence electrons. The van der Waals surface area contributed by atoms with Gasteiger partial charge in [0.1, 0.15) is 11.0 Å². The van der Waals surface area contributed by atoms with Crippen molar-refractivity contribution in [1.29, 1.82) is 5.26 Å². The van der Waals surface area contributed by atoms with Crippen LogP contribution in [0.4, 0.5) is 5.69 Å². The number of carbonyl (C=O) groups is 2. The molecule has 26 heavy (non-hydrogen) atoms. The molecule has 1 aromatic carbocycles. The van der Waals surface area contributed by atoms with E-state index < -0.39 is 16.4 Å². The van der Waals surface area contributed by atoms with Crippen LogP contribution in [-0.2, 0) is 15.1 Å². The van der Waals surface area contributed by atoms with Gasteiger partial charge in [-0.3, -0.25) is 14.5 Å². The standard InChI is InChI=1S/C19H23N5O2/c1-17(2)15(26)24(4)16(21)23-18(17,3)12-6-5-7-13(10-12)22-14(25)19(11-20)8-9-19/h5-7,10H,8-9H2,1-4H3,(H2,21,23)(H,22,25)/t18-/m1/s1. The first kappa shape index (κ1) is 17.9. The van der Waals surface area contributed by atoms with Gasteiger partial charge in [0.2, 0.25) is 11.8 Å². The smallest absolute Gasteiger partial charge is 0.244 e. The highest BCUT2D eigenvalue weighted by molar-refractivity contribution is 6.02. The van der Waals surface area contributed by atoms with E-state index in [1.807, 2.05) is 26.8 Å². The molecule has 7 heteroatoms. The number of aliphatic imine (C=N–C) groups is 1. The first-order chi connectivity index (χ1) is 12.1. The van der Waals surface area contributed by atoms with E-state index in [0.29, 0.717) is 18.5 Å². The predicted octanol–water partition coefficient (Wildman–Crippen LogP) is 1.96. The molecule has 1 heterocycles. The normalized spacial score (nSPS) is 25.9. The molecular formula is C19H23N5O2. The Morgan fingerprint density at radius 2 is 2.00 bits per heavy atom. The number of nitrogens with one attached hydrogen (secondary N) is 1. The number of anilines is 1. The van der Waals surface area contributed by atoms with Gasteiger partial charge >= 0.3 is 0 Å².